The molecule has 0 amide bonds. The van der Waals surface area contributed by atoms with Gasteiger partial charge in [-0.2, -0.15) is 0 Å². The van der Waals surface area contributed by atoms with Gasteiger partial charge in [-0.25, -0.2) is 0 Å². The molecular formula is C12H19N3O. The van der Waals surface area contributed by atoms with Crippen LogP contribution in [0.2, 0.25) is 0 Å². The summed E-state index contributed by atoms with van der Waals surface area (Å²) in [5.41, 5.74) is 7.24. The maximum atomic E-state index is 5.92. The quantitative estimate of drug-likeness (QED) is 0.811. The van der Waals surface area contributed by atoms with Gasteiger partial charge in [-0.3, -0.25) is 4.98 Å². The van der Waals surface area contributed by atoms with Crippen molar-refractivity contribution in [2.24, 2.45) is 11.1 Å². The van der Waals surface area contributed by atoms with Crippen molar-refractivity contribution in [1.82, 2.24) is 9.88 Å². The molecule has 88 valence electrons. The molecule has 4 nitrogen and oxygen atoms in total. The normalized spacial score (nSPS) is 20.5. The minimum atomic E-state index is 0.0604. The van der Waals surface area contributed by atoms with Gasteiger partial charge in [0.1, 0.15) is 0 Å². The molecule has 1 aromatic heterocycles. The van der Waals surface area contributed by atoms with Gasteiger partial charge in [-0.05, 0) is 31.8 Å². The summed E-state index contributed by atoms with van der Waals surface area (Å²) in [6.45, 7) is 2.14. The van der Waals surface area contributed by atoms with E-state index in [-0.39, 0.29) is 5.41 Å². The first-order chi connectivity index (χ1) is 7.69. The third-order valence-corrected chi connectivity index (χ3v) is 3.30. The zero-order valence-electron chi connectivity index (χ0n) is 9.89. The Morgan fingerprint density at radius 3 is 2.44 bits per heavy atom. The third-order valence-electron chi connectivity index (χ3n) is 3.30. The van der Waals surface area contributed by atoms with Crippen molar-refractivity contribution in [2.45, 2.75) is 6.04 Å². The molecule has 2 rings (SSSR count). The second-order valence-corrected chi connectivity index (χ2v) is 4.71. The van der Waals surface area contributed by atoms with E-state index in [4.69, 9.17) is 10.5 Å². The smallest absolute Gasteiger partial charge is 0.0575 e. The molecule has 2 N–H and O–H groups in total. The zero-order valence-corrected chi connectivity index (χ0v) is 9.89. The fourth-order valence-corrected chi connectivity index (χ4v) is 2.50. The van der Waals surface area contributed by atoms with Crippen LogP contribution < -0.4 is 5.73 Å². The molecule has 0 bridgehead atoms. The highest BCUT2D eigenvalue weighted by molar-refractivity contribution is 5.20. The highest BCUT2D eigenvalue weighted by atomic mass is 16.5. The predicted octanol–water partition coefficient (Wildman–Crippen LogP) is 0.660. The zero-order chi connectivity index (χ0) is 11.6. The second-order valence-electron chi connectivity index (χ2n) is 4.71. The van der Waals surface area contributed by atoms with Crippen molar-refractivity contribution < 1.29 is 4.74 Å². The topological polar surface area (TPSA) is 51.4 Å². The van der Waals surface area contributed by atoms with E-state index in [0.29, 0.717) is 12.6 Å². The Morgan fingerprint density at radius 1 is 1.44 bits per heavy atom. The highest BCUT2D eigenvalue weighted by Crippen LogP contribution is 2.42. The van der Waals surface area contributed by atoms with Gasteiger partial charge in [0, 0.05) is 30.4 Å². The first kappa shape index (κ1) is 11.5. The molecule has 0 radical (unpaired) electrons. The molecule has 1 aliphatic rings. The van der Waals surface area contributed by atoms with E-state index in [1.807, 2.05) is 12.4 Å². The minimum absolute atomic E-state index is 0.0604. The largest absolute Gasteiger partial charge is 0.380 e. The Morgan fingerprint density at radius 2 is 2.06 bits per heavy atom. The highest BCUT2D eigenvalue weighted by Gasteiger charge is 2.46. The molecule has 0 spiro atoms. The molecule has 1 aliphatic heterocycles. The van der Waals surface area contributed by atoms with E-state index in [9.17, 15) is 0 Å². The standard InChI is InChI=1S/C12H19N3O/c1-15(2)11(10-3-5-14-6-4-10)12(7-13)8-16-9-12/h3-6,11H,7-9,13H2,1-2H3. The molecule has 1 saturated heterocycles. The average molecular weight is 221 g/mol. The third kappa shape index (κ3) is 1.84. The summed E-state index contributed by atoms with van der Waals surface area (Å²) in [7, 11) is 4.17. The summed E-state index contributed by atoms with van der Waals surface area (Å²) in [6, 6.07) is 4.41. The van der Waals surface area contributed by atoms with Crippen molar-refractivity contribution in [3.8, 4) is 0 Å². The minimum Gasteiger partial charge on any atom is -0.380 e. The van der Waals surface area contributed by atoms with Crippen LogP contribution in [0, 0.1) is 5.41 Å². The summed E-state index contributed by atoms with van der Waals surface area (Å²) < 4.78 is 5.36. The van der Waals surface area contributed by atoms with Crippen molar-refractivity contribution >= 4 is 0 Å². The summed E-state index contributed by atoms with van der Waals surface area (Å²) >= 11 is 0. The molecule has 1 atom stereocenters. The Balaban J connectivity index is 2.31. The fraction of sp³-hybridized carbons (Fsp3) is 0.583. The van der Waals surface area contributed by atoms with Crippen molar-refractivity contribution in [1.29, 1.82) is 0 Å². The summed E-state index contributed by atoms with van der Waals surface area (Å²) in [5, 5.41) is 0. The van der Waals surface area contributed by atoms with Crippen LogP contribution in [0.15, 0.2) is 24.5 Å². The number of rotatable bonds is 4. The lowest BCUT2D eigenvalue weighted by Crippen LogP contribution is -2.55. The monoisotopic (exact) mass is 221 g/mol. The Labute approximate surface area is 96.4 Å². The van der Waals surface area contributed by atoms with Crippen molar-refractivity contribution in [3.05, 3.63) is 30.1 Å². The number of ether oxygens (including phenoxy) is 1. The molecule has 4 heteroatoms. The SMILES string of the molecule is CN(C)C(c1ccncc1)C1(CN)COC1. The van der Waals surface area contributed by atoms with Gasteiger partial charge in [0.05, 0.1) is 13.2 Å². The molecule has 16 heavy (non-hydrogen) atoms. The van der Waals surface area contributed by atoms with E-state index in [2.05, 4.69) is 36.1 Å². The fourth-order valence-electron chi connectivity index (χ4n) is 2.50. The number of aromatic nitrogens is 1. The van der Waals surface area contributed by atoms with Crippen LogP contribution in [0.5, 0.6) is 0 Å². The average Bonchev–Trinajstić information content (AvgIpc) is 2.24. The van der Waals surface area contributed by atoms with Crippen LogP contribution in [0.1, 0.15) is 11.6 Å². The maximum Gasteiger partial charge on any atom is 0.0575 e. The molecule has 0 saturated carbocycles. The molecule has 1 unspecified atom stereocenters. The van der Waals surface area contributed by atoms with E-state index in [1.54, 1.807) is 0 Å². The Kier molecular flexibility index (Phi) is 3.23. The van der Waals surface area contributed by atoms with Gasteiger partial charge in [0.2, 0.25) is 0 Å². The Hall–Kier alpha value is -0.970. The van der Waals surface area contributed by atoms with E-state index in [1.165, 1.54) is 5.56 Å². The van der Waals surface area contributed by atoms with Gasteiger partial charge >= 0.3 is 0 Å². The van der Waals surface area contributed by atoms with Gasteiger partial charge in [-0.1, -0.05) is 0 Å². The number of nitrogens with zero attached hydrogens (tertiary/aromatic N) is 2. The van der Waals surface area contributed by atoms with E-state index >= 15 is 0 Å². The molecule has 0 aliphatic carbocycles. The molecule has 1 aromatic rings. The van der Waals surface area contributed by atoms with Crippen LogP contribution in [0.3, 0.4) is 0 Å². The van der Waals surface area contributed by atoms with Gasteiger partial charge in [-0.15, -0.1) is 0 Å². The molecule has 2 heterocycles. The van der Waals surface area contributed by atoms with Gasteiger partial charge in [0.25, 0.3) is 0 Å². The Bertz CT molecular complexity index is 330. The first-order valence-electron chi connectivity index (χ1n) is 5.54. The van der Waals surface area contributed by atoms with Crippen LogP contribution in [0.25, 0.3) is 0 Å². The van der Waals surface area contributed by atoms with Crippen LogP contribution in [0.4, 0.5) is 0 Å². The number of nitrogens with two attached hydrogens (primary N) is 1. The molecule has 0 aromatic carbocycles. The van der Waals surface area contributed by atoms with E-state index in [0.717, 1.165) is 13.2 Å². The summed E-state index contributed by atoms with van der Waals surface area (Å²) in [6.07, 6.45) is 3.66. The predicted molar refractivity (Wildman–Crippen MR) is 63.0 cm³/mol. The van der Waals surface area contributed by atoms with Crippen LogP contribution in [-0.2, 0) is 4.74 Å². The molecular weight excluding hydrogens is 202 g/mol. The maximum absolute atomic E-state index is 5.92. The van der Waals surface area contributed by atoms with E-state index < -0.39 is 0 Å². The first-order valence-corrected chi connectivity index (χ1v) is 5.54. The van der Waals surface area contributed by atoms with Gasteiger partial charge in [0.15, 0.2) is 0 Å². The number of hydrogen-bond acceptors (Lipinski definition) is 4. The number of pyridine rings is 1. The van der Waals surface area contributed by atoms with Crippen molar-refractivity contribution in [2.75, 3.05) is 33.9 Å². The second kappa shape index (κ2) is 4.49. The van der Waals surface area contributed by atoms with Crippen LogP contribution >= 0.6 is 0 Å². The van der Waals surface area contributed by atoms with Gasteiger partial charge < -0.3 is 15.4 Å². The van der Waals surface area contributed by atoms with Crippen LogP contribution in [-0.4, -0.2) is 43.7 Å². The summed E-state index contributed by atoms with van der Waals surface area (Å²) in [5.74, 6) is 0. The lowest BCUT2D eigenvalue weighted by atomic mass is 9.75. The lowest BCUT2D eigenvalue weighted by Gasteiger charge is -2.49. The lowest BCUT2D eigenvalue weighted by molar-refractivity contribution is -0.145. The molecule has 1 fully saturated rings. The number of hydrogen-bond donors (Lipinski definition) is 1. The van der Waals surface area contributed by atoms with Crippen molar-refractivity contribution in [3.63, 3.8) is 0 Å². The summed E-state index contributed by atoms with van der Waals surface area (Å²) in [4.78, 5) is 6.27.